The summed E-state index contributed by atoms with van der Waals surface area (Å²) in [7, 11) is 6.31. The summed E-state index contributed by atoms with van der Waals surface area (Å²) in [6.45, 7) is 1.01. The fourth-order valence-electron chi connectivity index (χ4n) is 7.80. The molecule has 2 aliphatic rings. The molecule has 1 aliphatic carbocycles. The molecule has 1 fully saturated rings. The van der Waals surface area contributed by atoms with Crippen LogP contribution in [0.2, 0.25) is 0 Å². The molecule has 0 spiro atoms. The second kappa shape index (κ2) is 12.5. The molecule has 1 aliphatic heterocycles. The Morgan fingerprint density at radius 1 is 0.698 bits per heavy atom. The molecule has 1 saturated carbocycles. The van der Waals surface area contributed by atoms with Crippen LogP contribution in [0.4, 0.5) is 28.4 Å². The van der Waals surface area contributed by atoms with Crippen LogP contribution in [-0.2, 0) is 6.42 Å². The summed E-state index contributed by atoms with van der Waals surface area (Å²) in [4.78, 5) is 34.0. The lowest BCUT2D eigenvalue weighted by Gasteiger charge is -2.40. The molecule has 9 rings (SSSR count). The van der Waals surface area contributed by atoms with Gasteiger partial charge in [-0.2, -0.15) is 30.8 Å². The van der Waals surface area contributed by atoms with Crippen LogP contribution >= 0.6 is 0 Å². The second-order valence-electron chi connectivity index (χ2n) is 13.9. The molecule has 0 bridgehead atoms. The van der Waals surface area contributed by atoms with Crippen molar-refractivity contribution in [1.29, 1.82) is 0 Å². The van der Waals surface area contributed by atoms with Crippen LogP contribution in [0.5, 0.6) is 0 Å². The molecule has 2 amide bonds. The van der Waals surface area contributed by atoms with Crippen molar-refractivity contribution in [1.82, 2.24) is 30.8 Å². The lowest BCUT2D eigenvalue weighted by Crippen LogP contribution is -2.49. The maximum atomic E-state index is 13.6. The highest BCUT2D eigenvalue weighted by molar-refractivity contribution is 6.06. The number of anilines is 5. The number of aromatic nitrogens is 6. The second-order valence-corrected chi connectivity index (χ2v) is 13.9. The number of aromatic amines is 2. The first-order valence-electron chi connectivity index (χ1n) is 17.5. The number of benzene rings is 5. The van der Waals surface area contributed by atoms with Crippen LogP contribution in [-0.4, -0.2) is 76.0 Å². The summed E-state index contributed by atoms with van der Waals surface area (Å²) < 4.78 is 0. The number of carbonyl (C=O) groups is 2. The predicted octanol–water partition coefficient (Wildman–Crippen LogP) is 6.18. The molecule has 5 aromatic carbocycles. The number of hydrogen-bond donors (Lipinski definition) is 4. The van der Waals surface area contributed by atoms with Gasteiger partial charge in [0.25, 0.3) is 11.8 Å². The number of carbonyl (C=O) groups excluding carboxylic acids is 2. The van der Waals surface area contributed by atoms with E-state index in [0.29, 0.717) is 33.5 Å². The Labute approximate surface area is 305 Å². The summed E-state index contributed by atoms with van der Waals surface area (Å²) in [5, 5.41) is 27.7. The minimum absolute atomic E-state index is 0.159. The first-order chi connectivity index (χ1) is 25.8. The zero-order chi connectivity index (χ0) is 36.3. The molecular formula is C40H37N11O2. The van der Waals surface area contributed by atoms with Crippen molar-refractivity contribution in [3.63, 3.8) is 0 Å². The molecular weight excluding hydrogens is 667 g/mol. The standard InChI is InChI=1S/C40H37N11O2/c1-49-17-16-25-18-24(10-15-37(25)49)32-23-40(32,50(2)30-8-4-6-26(19-30)38(52)41-28-11-13-33-35(21-28)45-47-43-33)51(3)31-9-5-7-27(20-31)39(53)42-29-12-14-34-36(22-29)46-48-44-34/h4-15,18-22,32H,16-17,23H2,1-3H3,(H,41,52)(H,42,53)(H,43,45,47)(H,44,46,48). The minimum Gasteiger partial charge on any atom is -0.374 e. The number of fused-ring (bicyclic) bond motifs is 3. The zero-order valence-electron chi connectivity index (χ0n) is 29.5. The van der Waals surface area contributed by atoms with Gasteiger partial charge in [-0.25, -0.2) is 0 Å². The number of rotatable bonds is 9. The van der Waals surface area contributed by atoms with E-state index >= 15 is 0 Å². The smallest absolute Gasteiger partial charge is 0.255 e. The predicted molar refractivity (Wildman–Crippen MR) is 207 cm³/mol. The van der Waals surface area contributed by atoms with E-state index in [2.05, 4.69) is 95.5 Å². The fraction of sp³-hybridized carbons (Fsp3) is 0.200. The van der Waals surface area contributed by atoms with Gasteiger partial charge in [-0.15, -0.1) is 0 Å². The number of nitrogens with one attached hydrogen (secondary N) is 4. The molecule has 264 valence electrons. The highest BCUT2D eigenvalue weighted by atomic mass is 16.2. The van der Waals surface area contributed by atoms with Gasteiger partial charge in [0.05, 0.1) is 0 Å². The Morgan fingerprint density at radius 3 is 1.81 bits per heavy atom. The van der Waals surface area contributed by atoms with Crippen molar-refractivity contribution in [2.45, 2.75) is 24.4 Å². The third-order valence-corrected chi connectivity index (χ3v) is 10.8. The molecule has 1 atom stereocenters. The van der Waals surface area contributed by atoms with E-state index in [1.807, 2.05) is 72.8 Å². The fourth-order valence-corrected chi connectivity index (χ4v) is 7.80. The van der Waals surface area contributed by atoms with Crippen LogP contribution in [0.3, 0.4) is 0 Å². The van der Waals surface area contributed by atoms with Gasteiger partial charge in [-0.05, 0) is 96.4 Å². The molecule has 4 N–H and O–H groups in total. The summed E-state index contributed by atoms with van der Waals surface area (Å²) >= 11 is 0. The Morgan fingerprint density at radius 2 is 1.25 bits per heavy atom. The van der Waals surface area contributed by atoms with Gasteiger partial charge in [0, 0.05) is 79.6 Å². The molecule has 0 radical (unpaired) electrons. The van der Waals surface area contributed by atoms with Crippen molar-refractivity contribution in [2.24, 2.45) is 0 Å². The van der Waals surface area contributed by atoms with Crippen molar-refractivity contribution in [3.8, 4) is 0 Å². The largest absolute Gasteiger partial charge is 0.374 e. The molecule has 13 nitrogen and oxygen atoms in total. The maximum absolute atomic E-state index is 13.6. The van der Waals surface area contributed by atoms with E-state index < -0.39 is 5.66 Å². The Bertz CT molecular complexity index is 2400. The van der Waals surface area contributed by atoms with Crippen LogP contribution in [0, 0.1) is 0 Å². The molecule has 2 aromatic heterocycles. The van der Waals surface area contributed by atoms with Crippen LogP contribution < -0.4 is 25.3 Å². The normalized spacial score (nSPS) is 15.7. The topological polar surface area (TPSA) is 151 Å². The minimum atomic E-state index is -0.487. The van der Waals surface area contributed by atoms with E-state index in [4.69, 9.17) is 0 Å². The molecule has 0 saturated heterocycles. The van der Waals surface area contributed by atoms with Gasteiger partial charge in [0.1, 0.15) is 27.7 Å². The Balaban J connectivity index is 1.03. The summed E-state index contributed by atoms with van der Waals surface area (Å²) in [5.41, 5.74) is 10.4. The number of nitrogens with zero attached hydrogens (tertiary/aromatic N) is 7. The summed E-state index contributed by atoms with van der Waals surface area (Å²) in [5.74, 6) is -0.281. The van der Waals surface area contributed by atoms with Crippen LogP contribution in [0.25, 0.3) is 22.1 Å². The number of hydrogen-bond acceptors (Lipinski definition) is 9. The monoisotopic (exact) mass is 703 g/mol. The molecule has 13 heteroatoms. The Kier molecular flexibility index (Phi) is 7.57. The van der Waals surface area contributed by atoms with Gasteiger partial charge in [-0.3, -0.25) is 9.59 Å². The van der Waals surface area contributed by atoms with E-state index in [1.165, 1.54) is 16.8 Å². The highest BCUT2D eigenvalue weighted by Crippen LogP contribution is 2.59. The molecule has 1 unspecified atom stereocenters. The van der Waals surface area contributed by atoms with Crippen LogP contribution in [0.1, 0.15) is 44.2 Å². The van der Waals surface area contributed by atoms with Crippen molar-refractivity contribution >= 4 is 62.3 Å². The van der Waals surface area contributed by atoms with E-state index in [0.717, 1.165) is 41.8 Å². The quantitative estimate of drug-likeness (QED) is 0.129. The molecule has 3 heterocycles. The van der Waals surface area contributed by atoms with Gasteiger partial charge < -0.3 is 25.3 Å². The van der Waals surface area contributed by atoms with E-state index in [-0.39, 0.29) is 17.7 Å². The number of H-pyrrole nitrogens is 2. The molecule has 7 aromatic rings. The lowest BCUT2D eigenvalue weighted by molar-refractivity contribution is 0.101. The third kappa shape index (κ3) is 5.66. The van der Waals surface area contributed by atoms with Crippen molar-refractivity contribution in [3.05, 3.63) is 125 Å². The van der Waals surface area contributed by atoms with Gasteiger partial charge in [0.2, 0.25) is 0 Å². The lowest BCUT2D eigenvalue weighted by atomic mass is 10.0. The highest BCUT2D eigenvalue weighted by Gasteiger charge is 2.61. The van der Waals surface area contributed by atoms with Crippen molar-refractivity contribution in [2.75, 3.05) is 53.0 Å². The Hall–Kier alpha value is -6.76. The number of amides is 2. The average Bonchev–Trinajstić information content (AvgIpc) is 3.46. The van der Waals surface area contributed by atoms with Gasteiger partial charge >= 0.3 is 0 Å². The van der Waals surface area contributed by atoms with E-state index in [1.54, 1.807) is 12.1 Å². The average molecular weight is 704 g/mol. The summed E-state index contributed by atoms with van der Waals surface area (Å²) in [6.07, 6.45) is 1.86. The van der Waals surface area contributed by atoms with Gasteiger partial charge in [0.15, 0.2) is 0 Å². The third-order valence-electron chi connectivity index (χ3n) is 10.8. The first-order valence-corrected chi connectivity index (χ1v) is 17.5. The SMILES string of the molecule is CN1CCc2cc(C3CC3(N(C)c3cccc(C(=O)Nc4ccc5n[nH]nc5c4)c3)N(C)c3cccc(C(=O)Nc4ccc5n[nH]nc5c4)c3)ccc21. The van der Waals surface area contributed by atoms with Crippen molar-refractivity contribution < 1.29 is 9.59 Å². The first kappa shape index (κ1) is 32.2. The van der Waals surface area contributed by atoms with Crippen LogP contribution in [0.15, 0.2) is 103 Å². The van der Waals surface area contributed by atoms with E-state index in [9.17, 15) is 9.59 Å². The maximum Gasteiger partial charge on any atom is 0.255 e. The summed E-state index contributed by atoms with van der Waals surface area (Å²) in [6, 6.07) is 33.1. The molecule has 53 heavy (non-hydrogen) atoms. The van der Waals surface area contributed by atoms with Gasteiger partial charge in [-0.1, -0.05) is 24.3 Å². The number of likely N-dealkylation sites (N-methyl/N-ethyl adjacent to an activating group) is 3. The zero-order valence-corrected chi connectivity index (χ0v) is 29.5.